The third-order valence-electron chi connectivity index (χ3n) is 4.43. The van der Waals surface area contributed by atoms with E-state index in [1.165, 1.54) is 27.5 Å². The van der Waals surface area contributed by atoms with Crippen molar-refractivity contribution >= 4 is 10.8 Å². The number of aromatic nitrogens is 1. The van der Waals surface area contributed by atoms with Crippen molar-refractivity contribution < 1.29 is 0 Å². The molecular weight excluding hydrogens is 256 g/mol. The third kappa shape index (κ3) is 2.22. The Kier molecular flexibility index (Phi) is 2.97. The minimum atomic E-state index is 0.456. The van der Waals surface area contributed by atoms with E-state index >= 15 is 0 Å². The highest BCUT2D eigenvalue weighted by Crippen LogP contribution is 2.33. The van der Waals surface area contributed by atoms with Gasteiger partial charge >= 0.3 is 0 Å². The van der Waals surface area contributed by atoms with Crippen molar-refractivity contribution in [3.05, 3.63) is 77.6 Å². The van der Waals surface area contributed by atoms with Crippen LogP contribution in [0, 0.1) is 0 Å². The zero-order valence-electron chi connectivity index (χ0n) is 12.2. The van der Waals surface area contributed by atoms with Gasteiger partial charge < -0.3 is 4.90 Å². The van der Waals surface area contributed by atoms with E-state index < -0.39 is 0 Å². The van der Waals surface area contributed by atoms with E-state index in [-0.39, 0.29) is 0 Å². The molecule has 104 valence electrons. The van der Waals surface area contributed by atoms with Crippen molar-refractivity contribution in [2.45, 2.75) is 12.5 Å². The minimum absolute atomic E-state index is 0.456. The van der Waals surface area contributed by atoms with Crippen molar-refractivity contribution in [3.8, 4) is 0 Å². The maximum Gasteiger partial charge on any atom is 0.0346 e. The molecule has 1 unspecified atom stereocenters. The molecule has 0 bridgehead atoms. The molecule has 0 N–H and O–H groups in total. The van der Waals surface area contributed by atoms with Crippen LogP contribution in [0.4, 0.5) is 0 Å². The van der Waals surface area contributed by atoms with Gasteiger partial charge in [0.05, 0.1) is 0 Å². The Morgan fingerprint density at radius 2 is 1.95 bits per heavy atom. The summed E-state index contributed by atoms with van der Waals surface area (Å²) in [7, 11) is 2.20. The first-order chi connectivity index (χ1) is 10.3. The molecule has 0 amide bonds. The predicted octanol–water partition coefficient (Wildman–Crippen LogP) is 3.81. The number of rotatable bonds is 1. The molecule has 2 aromatic carbocycles. The van der Waals surface area contributed by atoms with Crippen LogP contribution >= 0.6 is 0 Å². The summed E-state index contributed by atoms with van der Waals surface area (Å²) in [5.41, 5.74) is 4.32. The Morgan fingerprint density at radius 1 is 1.05 bits per heavy atom. The fraction of sp³-hybridized carbons (Fsp3) is 0.211. The van der Waals surface area contributed by atoms with Gasteiger partial charge in [-0.25, -0.2) is 0 Å². The fourth-order valence-electron chi connectivity index (χ4n) is 3.39. The zero-order chi connectivity index (χ0) is 14.2. The van der Waals surface area contributed by atoms with Crippen LogP contribution in [0.25, 0.3) is 10.8 Å². The summed E-state index contributed by atoms with van der Waals surface area (Å²) in [4.78, 5) is 6.60. The highest BCUT2D eigenvalue weighted by Gasteiger charge is 2.24. The van der Waals surface area contributed by atoms with Crippen molar-refractivity contribution in [2.24, 2.45) is 0 Å². The van der Waals surface area contributed by atoms with E-state index in [0.29, 0.717) is 5.92 Å². The summed E-state index contributed by atoms with van der Waals surface area (Å²) in [5.74, 6) is 0.456. The molecule has 4 rings (SSSR count). The zero-order valence-corrected chi connectivity index (χ0v) is 12.2. The van der Waals surface area contributed by atoms with E-state index in [9.17, 15) is 0 Å². The van der Waals surface area contributed by atoms with Gasteiger partial charge in [0.2, 0.25) is 0 Å². The number of nitrogens with zero attached hydrogens (tertiary/aromatic N) is 2. The number of hydrogen-bond acceptors (Lipinski definition) is 2. The Bertz CT molecular complexity index is 794. The molecule has 2 heterocycles. The summed E-state index contributed by atoms with van der Waals surface area (Å²) in [5, 5.41) is 2.48. The van der Waals surface area contributed by atoms with E-state index in [4.69, 9.17) is 0 Å². The number of likely N-dealkylation sites (N-methyl/N-ethyl adjacent to an activating group) is 1. The summed E-state index contributed by atoms with van der Waals surface area (Å²) in [6, 6.07) is 17.7. The first-order valence-corrected chi connectivity index (χ1v) is 7.41. The molecule has 0 fully saturated rings. The standard InChI is InChI=1S/C19H18N2/c1-21-12-17-4-2-3-5-18(17)19(13-21)15-6-7-16-11-20-9-8-14(16)10-15/h2-11,19H,12-13H2,1H3. The van der Waals surface area contributed by atoms with Gasteiger partial charge in [0.1, 0.15) is 0 Å². The largest absolute Gasteiger partial charge is 0.301 e. The highest BCUT2D eigenvalue weighted by atomic mass is 15.1. The molecule has 1 aliphatic rings. The third-order valence-corrected chi connectivity index (χ3v) is 4.43. The van der Waals surface area contributed by atoms with Crippen LogP contribution in [0.3, 0.4) is 0 Å². The molecule has 21 heavy (non-hydrogen) atoms. The van der Waals surface area contributed by atoms with Crippen molar-refractivity contribution in [1.82, 2.24) is 9.88 Å². The number of fused-ring (bicyclic) bond motifs is 2. The van der Waals surface area contributed by atoms with Gasteiger partial charge in [-0.05, 0) is 35.2 Å². The molecule has 1 aliphatic heterocycles. The van der Waals surface area contributed by atoms with E-state index in [1.807, 2.05) is 12.4 Å². The molecule has 3 aromatic rings. The van der Waals surface area contributed by atoms with Gasteiger partial charge in [-0.1, -0.05) is 42.5 Å². The molecule has 1 aromatic heterocycles. The summed E-state index contributed by atoms with van der Waals surface area (Å²) in [6.07, 6.45) is 3.80. The Labute approximate surface area is 125 Å². The second kappa shape index (κ2) is 4.97. The lowest BCUT2D eigenvalue weighted by molar-refractivity contribution is 0.295. The molecule has 0 aliphatic carbocycles. The second-order valence-corrected chi connectivity index (χ2v) is 5.93. The molecule has 0 saturated heterocycles. The van der Waals surface area contributed by atoms with Crippen molar-refractivity contribution in [3.63, 3.8) is 0 Å². The van der Waals surface area contributed by atoms with Gasteiger partial charge in [0.25, 0.3) is 0 Å². The lowest BCUT2D eigenvalue weighted by Crippen LogP contribution is -2.30. The van der Waals surface area contributed by atoms with E-state index in [0.717, 1.165) is 13.1 Å². The monoisotopic (exact) mass is 274 g/mol. The van der Waals surface area contributed by atoms with Crippen LogP contribution in [0.5, 0.6) is 0 Å². The van der Waals surface area contributed by atoms with Crippen LogP contribution in [0.1, 0.15) is 22.6 Å². The fourth-order valence-corrected chi connectivity index (χ4v) is 3.39. The van der Waals surface area contributed by atoms with Crippen LogP contribution < -0.4 is 0 Å². The molecule has 1 atom stereocenters. The molecule has 0 radical (unpaired) electrons. The Morgan fingerprint density at radius 3 is 2.90 bits per heavy atom. The molecule has 0 saturated carbocycles. The Hall–Kier alpha value is -2.19. The second-order valence-electron chi connectivity index (χ2n) is 5.93. The summed E-state index contributed by atoms with van der Waals surface area (Å²) in [6.45, 7) is 2.12. The minimum Gasteiger partial charge on any atom is -0.301 e. The highest BCUT2D eigenvalue weighted by molar-refractivity contribution is 5.82. The molecular formula is C19H18N2. The van der Waals surface area contributed by atoms with Crippen LogP contribution in [0.2, 0.25) is 0 Å². The lowest BCUT2D eigenvalue weighted by atomic mass is 9.84. The van der Waals surface area contributed by atoms with E-state index in [1.54, 1.807) is 0 Å². The summed E-state index contributed by atoms with van der Waals surface area (Å²) >= 11 is 0. The first kappa shape index (κ1) is 12.5. The first-order valence-electron chi connectivity index (χ1n) is 7.41. The van der Waals surface area contributed by atoms with E-state index in [2.05, 4.69) is 65.5 Å². The predicted molar refractivity (Wildman–Crippen MR) is 86.4 cm³/mol. The number of pyridine rings is 1. The SMILES string of the molecule is CN1Cc2ccccc2C(c2ccc3cnccc3c2)C1. The van der Waals surface area contributed by atoms with Crippen LogP contribution in [0.15, 0.2) is 60.9 Å². The van der Waals surface area contributed by atoms with Gasteiger partial charge in [-0.15, -0.1) is 0 Å². The number of benzene rings is 2. The van der Waals surface area contributed by atoms with Crippen molar-refractivity contribution in [2.75, 3.05) is 13.6 Å². The maximum absolute atomic E-state index is 4.19. The quantitative estimate of drug-likeness (QED) is 0.671. The molecule has 0 spiro atoms. The van der Waals surface area contributed by atoms with Gasteiger partial charge in [-0.3, -0.25) is 4.98 Å². The molecule has 2 heteroatoms. The average Bonchev–Trinajstić information content (AvgIpc) is 2.53. The van der Waals surface area contributed by atoms with Gasteiger partial charge in [0.15, 0.2) is 0 Å². The van der Waals surface area contributed by atoms with Gasteiger partial charge in [0, 0.05) is 36.8 Å². The topological polar surface area (TPSA) is 16.1 Å². The van der Waals surface area contributed by atoms with Gasteiger partial charge in [-0.2, -0.15) is 0 Å². The maximum atomic E-state index is 4.19. The molecule has 2 nitrogen and oxygen atoms in total. The van der Waals surface area contributed by atoms with Crippen LogP contribution in [-0.2, 0) is 6.54 Å². The smallest absolute Gasteiger partial charge is 0.0346 e. The number of hydrogen-bond donors (Lipinski definition) is 0. The van der Waals surface area contributed by atoms with Crippen LogP contribution in [-0.4, -0.2) is 23.5 Å². The Balaban J connectivity index is 1.84. The normalized spacial score (nSPS) is 18.6. The average molecular weight is 274 g/mol. The lowest BCUT2D eigenvalue weighted by Gasteiger charge is -2.32. The van der Waals surface area contributed by atoms with Crippen molar-refractivity contribution in [1.29, 1.82) is 0 Å². The summed E-state index contributed by atoms with van der Waals surface area (Å²) < 4.78 is 0.